The third-order valence-electron chi connectivity index (χ3n) is 5.84. The molecule has 1 saturated heterocycles. The second kappa shape index (κ2) is 10.3. The van der Waals surface area contributed by atoms with Gasteiger partial charge in [-0.25, -0.2) is 18.0 Å². The molecule has 2 aromatic carbocycles. The van der Waals surface area contributed by atoms with Gasteiger partial charge in [-0.05, 0) is 50.6 Å². The van der Waals surface area contributed by atoms with Crippen molar-refractivity contribution < 1.29 is 36.6 Å². The topological polar surface area (TPSA) is 112 Å². The zero-order valence-electron chi connectivity index (χ0n) is 20.1. The molecule has 0 aliphatic carbocycles. The molecule has 0 spiro atoms. The van der Waals surface area contributed by atoms with Gasteiger partial charge in [-0.1, -0.05) is 48.0 Å². The Morgan fingerprint density at radius 2 is 1.53 bits per heavy atom. The summed E-state index contributed by atoms with van der Waals surface area (Å²) < 4.78 is 51.7. The lowest BCUT2D eigenvalue weighted by Crippen LogP contribution is -2.62. The fraction of sp³-hybridized carbons (Fsp3) is 0.308. The van der Waals surface area contributed by atoms with Crippen LogP contribution < -0.4 is 0 Å². The molecule has 0 N–H and O–H groups in total. The fourth-order valence-electron chi connectivity index (χ4n) is 4.23. The third-order valence-corrected chi connectivity index (χ3v) is 7.71. The number of hydrogen-bond donors (Lipinski definition) is 0. The normalized spacial score (nSPS) is 19.6. The van der Waals surface area contributed by atoms with Gasteiger partial charge in [-0.2, -0.15) is 0 Å². The van der Waals surface area contributed by atoms with E-state index in [-0.39, 0.29) is 23.9 Å². The van der Waals surface area contributed by atoms with E-state index < -0.39 is 39.8 Å². The van der Waals surface area contributed by atoms with Gasteiger partial charge in [-0.3, -0.25) is 0 Å². The zero-order chi connectivity index (χ0) is 25.9. The van der Waals surface area contributed by atoms with Crippen LogP contribution in [0.15, 0.2) is 82.3 Å². The molecule has 0 amide bonds. The lowest BCUT2D eigenvalue weighted by Gasteiger charge is -2.35. The number of ether oxygens (including phenoxy) is 3. The van der Waals surface area contributed by atoms with Crippen LogP contribution in [0.25, 0.3) is 0 Å². The maximum absolute atomic E-state index is 14.3. The lowest BCUT2D eigenvalue weighted by atomic mass is 9.91. The number of nitrogens with zero attached hydrogens (tertiary/aromatic N) is 1. The maximum atomic E-state index is 14.3. The van der Waals surface area contributed by atoms with Crippen LogP contribution in [0.1, 0.15) is 43.1 Å². The Bertz CT molecular complexity index is 1290. The Morgan fingerprint density at radius 1 is 0.917 bits per heavy atom. The van der Waals surface area contributed by atoms with E-state index in [0.29, 0.717) is 5.56 Å². The molecule has 190 valence electrons. The minimum absolute atomic E-state index is 0.0682. The van der Waals surface area contributed by atoms with Gasteiger partial charge >= 0.3 is 11.9 Å². The van der Waals surface area contributed by atoms with E-state index >= 15 is 0 Å². The summed E-state index contributed by atoms with van der Waals surface area (Å²) in [6.07, 6.45) is -1.52. The number of rotatable bonds is 8. The molecule has 1 fully saturated rings. The van der Waals surface area contributed by atoms with Gasteiger partial charge in [0.05, 0.1) is 24.4 Å². The van der Waals surface area contributed by atoms with Gasteiger partial charge in [-0.15, -0.1) is 4.31 Å². The van der Waals surface area contributed by atoms with E-state index in [1.54, 1.807) is 62.4 Å². The number of carbonyl (C=O) groups excluding carboxylic acids is 2. The van der Waals surface area contributed by atoms with E-state index in [9.17, 15) is 18.0 Å². The van der Waals surface area contributed by atoms with Crippen molar-refractivity contribution in [1.29, 1.82) is 0 Å². The van der Waals surface area contributed by atoms with E-state index in [1.165, 1.54) is 24.5 Å². The molecule has 0 unspecified atom stereocenters. The van der Waals surface area contributed by atoms with Crippen molar-refractivity contribution in [2.45, 2.75) is 43.5 Å². The Kier molecular flexibility index (Phi) is 7.30. The van der Waals surface area contributed by atoms with Gasteiger partial charge in [0.2, 0.25) is 10.0 Å². The SMILES string of the molecule is CCOC(=O)C1(C(=O)OCC)[C@H](c2ccco2)O[C@H](c2ccccc2)N1S(=O)(=O)c1ccc(C)cc1. The maximum Gasteiger partial charge on any atom is 0.342 e. The number of aryl methyl sites for hydroxylation is 1. The number of benzene rings is 2. The molecule has 3 aromatic rings. The molecule has 9 nitrogen and oxygen atoms in total. The average Bonchev–Trinajstić information content (AvgIpc) is 3.52. The van der Waals surface area contributed by atoms with Crippen LogP contribution in [0.3, 0.4) is 0 Å². The number of furan rings is 1. The van der Waals surface area contributed by atoms with Crippen LogP contribution in [-0.2, 0) is 33.8 Å². The summed E-state index contributed by atoms with van der Waals surface area (Å²) >= 11 is 0. The van der Waals surface area contributed by atoms with Gasteiger partial charge in [0.15, 0.2) is 12.3 Å². The summed E-state index contributed by atoms with van der Waals surface area (Å²) in [5, 5.41) is 0. The van der Waals surface area contributed by atoms with Crippen molar-refractivity contribution in [3.8, 4) is 0 Å². The first-order valence-electron chi connectivity index (χ1n) is 11.5. The largest absolute Gasteiger partial charge is 0.466 e. The van der Waals surface area contributed by atoms with Crippen LogP contribution in [0.2, 0.25) is 0 Å². The summed E-state index contributed by atoms with van der Waals surface area (Å²) in [6.45, 7) is 4.71. The predicted octanol–water partition coefficient (Wildman–Crippen LogP) is 3.91. The molecule has 1 aliphatic heterocycles. The van der Waals surface area contributed by atoms with Crippen molar-refractivity contribution in [2.75, 3.05) is 13.2 Å². The fourth-order valence-corrected chi connectivity index (χ4v) is 5.98. The molecule has 2 heterocycles. The smallest absolute Gasteiger partial charge is 0.342 e. The highest BCUT2D eigenvalue weighted by atomic mass is 32.2. The molecule has 10 heteroatoms. The highest BCUT2D eigenvalue weighted by Gasteiger charge is 2.72. The summed E-state index contributed by atoms with van der Waals surface area (Å²) in [5.74, 6) is -2.18. The highest BCUT2D eigenvalue weighted by molar-refractivity contribution is 7.89. The third kappa shape index (κ3) is 4.21. The molecule has 2 atom stereocenters. The van der Waals surface area contributed by atoms with Crippen LogP contribution >= 0.6 is 0 Å². The van der Waals surface area contributed by atoms with Crippen LogP contribution in [0.5, 0.6) is 0 Å². The Morgan fingerprint density at radius 3 is 2.06 bits per heavy atom. The van der Waals surface area contributed by atoms with Gasteiger partial charge in [0.25, 0.3) is 5.54 Å². The molecule has 0 radical (unpaired) electrons. The molecule has 0 saturated carbocycles. The Hall–Kier alpha value is -3.47. The number of sulfonamides is 1. The standard InChI is InChI=1S/C26H27NO8S/c1-4-32-24(28)26(25(29)33-5-2)22(21-12-9-17-34-21)35-23(19-10-7-6-8-11-19)27(26)36(30,31)20-15-13-18(3)14-16-20/h6-17,22-23H,4-5H2,1-3H3/t22-,23+/m0/s1. The molecule has 1 aliphatic rings. The van der Waals surface area contributed by atoms with Crippen molar-refractivity contribution >= 4 is 22.0 Å². The van der Waals surface area contributed by atoms with Crippen molar-refractivity contribution in [3.63, 3.8) is 0 Å². The second-order valence-corrected chi connectivity index (χ2v) is 9.93. The van der Waals surface area contributed by atoms with Gasteiger partial charge in [0.1, 0.15) is 5.76 Å². The van der Waals surface area contributed by atoms with E-state index in [0.717, 1.165) is 9.87 Å². The van der Waals surface area contributed by atoms with Gasteiger partial charge in [0, 0.05) is 0 Å². The molecule has 1 aromatic heterocycles. The Labute approximate surface area is 209 Å². The molecule has 36 heavy (non-hydrogen) atoms. The van der Waals surface area contributed by atoms with E-state index in [1.807, 2.05) is 6.92 Å². The summed E-state index contributed by atoms with van der Waals surface area (Å²) in [5.41, 5.74) is -1.32. The zero-order valence-corrected chi connectivity index (χ0v) is 20.9. The molecule has 0 bridgehead atoms. The summed E-state index contributed by atoms with van der Waals surface area (Å²) in [6, 6.07) is 17.6. The molecule has 4 rings (SSSR count). The number of hydrogen-bond acceptors (Lipinski definition) is 8. The summed E-state index contributed by atoms with van der Waals surface area (Å²) in [7, 11) is -4.55. The molecular weight excluding hydrogens is 486 g/mol. The quantitative estimate of drug-likeness (QED) is 0.329. The van der Waals surface area contributed by atoms with Crippen LogP contribution in [-0.4, -0.2) is 43.4 Å². The minimum atomic E-state index is -4.55. The Balaban J connectivity index is 2.06. The van der Waals surface area contributed by atoms with Crippen LogP contribution in [0, 0.1) is 6.92 Å². The first kappa shape index (κ1) is 25.6. The average molecular weight is 514 g/mol. The first-order chi connectivity index (χ1) is 17.3. The predicted molar refractivity (Wildman–Crippen MR) is 128 cm³/mol. The summed E-state index contributed by atoms with van der Waals surface area (Å²) in [4.78, 5) is 27.4. The first-order valence-corrected chi connectivity index (χ1v) is 12.9. The van der Waals surface area contributed by atoms with Crippen molar-refractivity contribution in [3.05, 3.63) is 89.9 Å². The number of carbonyl (C=O) groups is 2. The van der Waals surface area contributed by atoms with Crippen molar-refractivity contribution in [1.82, 2.24) is 4.31 Å². The van der Waals surface area contributed by atoms with Gasteiger partial charge < -0.3 is 18.6 Å². The van der Waals surface area contributed by atoms with E-state index in [4.69, 9.17) is 18.6 Å². The minimum Gasteiger partial charge on any atom is -0.466 e. The van der Waals surface area contributed by atoms with E-state index in [2.05, 4.69) is 0 Å². The monoisotopic (exact) mass is 513 g/mol. The lowest BCUT2D eigenvalue weighted by molar-refractivity contribution is -0.172. The van der Waals surface area contributed by atoms with Crippen molar-refractivity contribution in [2.24, 2.45) is 0 Å². The number of esters is 2. The molecular formula is C26H27NO8S. The second-order valence-electron chi connectivity index (χ2n) is 8.12. The van der Waals surface area contributed by atoms with Crippen LogP contribution in [0.4, 0.5) is 0 Å². The highest BCUT2D eigenvalue weighted by Crippen LogP contribution is 2.53.